The number of hydrogen-bond donors (Lipinski definition) is 0. The topological polar surface area (TPSA) is 46.8 Å². The number of aryl methyl sites for hydroxylation is 2. The number of nitrogens with zero attached hydrogens (tertiary/aromatic N) is 5. The highest BCUT2D eigenvalue weighted by Crippen LogP contribution is 2.23. The van der Waals surface area contributed by atoms with E-state index in [0.717, 1.165) is 22.5 Å². The Hall–Kier alpha value is -2.43. The highest BCUT2D eigenvalue weighted by molar-refractivity contribution is 5.87. The van der Waals surface area contributed by atoms with Crippen molar-refractivity contribution < 1.29 is 0 Å². The summed E-state index contributed by atoms with van der Waals surface area (Å²) in [6, 6.07) is 6.29. The first kappa shape index (κ1) is 12.6. The van der Waals surface area contributed by atoms with Gasteiger partial charge >= 0.3 is 0 Å². The van der Waals surface area contributed by atoms with E-state index in [1.165, 1.54) is 11.1 Å². The predicted octanol–water partition coefficient (Wildman–Crippen LogP) is 2.50. The molecule has 0 saturated heterocycles. The Morgan fingerprint density at radius 3 is 2.55 bits per heavy atom. The van der Waals surface area contributed by atoms with Crippen LogP contribution in [-0.2, 0) is 0 Å². The lowest BCUT2D eigenvalue weighted by atomic mass is 10.1. The molecule has 0 spiro atoms. The third-order valence-corrected chi connectivity index (χ3v) is 3.50. The Kier molecular flexibility index (Phi) is 2.89. The molecule has 0 atom stereocenters. The average molecular weight is 267 g/mol. The van der Waals surface area contributed by atoms with Crippen molar-refractivity contribution in [3.05, 3.63) is 41.9 Å². The SMILES string of the molecule is Cc1ccc(-n2ncc3c(N(C)C)ncnc32)cc1C. The summed E-state index contributed by atoms with van der Waals surface area (Å²) in [7, 11) is 3.93. The van der Waals surface area contributed by atoms with Gasteiger partial charge in [0.05, 0.1) is 17.3 Å². The van der Waals surface area contributed by atoms with Crippen LogP contribution in [0.25, 0.3) is 16.7 Å². The van der Waals surface area contributed by atoms with Crippen molar-refractivity contribution in [2.45, 2.75) is 13.8 Å². The molecule has 0 aliphatic heterocycles. The first-order valence-electron chi connectivity index (χ1n) is 6.51. The van der Waals surface area contributed by atoms with Crippen LogP contribution in [0, 0.1) is 13.8 Å². The van der Waals surface area contributed by atoms with Crippen LogP contribution in [0.3, 0.4) is 0 Å². The maximum atomic E-state index is 4.47. The Balaban J connectivity index is 2.22. The van der Waals surface area contributed by atoms with Crippen molar-refractivity contribution in [1.29, 1.82) is 0 Å². The van der Waals surface area contributed by atoms with E-state index in [1.807, 2.05) is 29.9 Å². The van der Waals surface area contributed by atoms with Crippen LogP contribution < -0.4 is 4.90 Å². The third kappa shape index (κ3) is 1.91. The molecule has 0 amide bonds. The van der Waals surface area contributed by atoms with Crippen LogP contribution >= 0.6 is 0 Å². The van der Waals surface area contributed by atoms with Crippen molar-refractivity contribution >= 4 is 16.9 Å². The van der Waals surface area contributed by atoms with Crippen molar-refractivity contribution in [2.75, 3.05) is 19.0 Å². The summed E-state index contributed by atoms with van der Waals surface area (Å²) < 4.78 is 1.86. The second-order valence-corrected chi connectivity index (χ2v) is 5.15. The van der Waals surface area contributed by atoms with E-state index in [4.69, 9.17) is 0 Å². The summed E-state index contributed by atoms with van der Waals surface area (Å²) in [6.45, 7) is 4.21. The normalized spacial score (nSPS) is 11.0. The first-order valence-corrected chi connectivity index (χ1v) is 6.51. The zero-order valence-electron chi connectivity index (χ0n) is 12.1. The van der Waals surface area contributed by atoms with Crippen LogP contribution in [0.2, 0.25) is 0 Å². The van der Waals surface area contributed by atoms with E-state index in [9.17, 15) is 0 Å². The molecule has 0 N–H and O–H groups in total. The molecule has 3 rings (SSSR count). The Morgan fingerprint density at radius 2 is 1.85 bits per heavy atom. The molecule has 0 unspecified atom stereocenters. The number of benzene rings is 1. The number of aromatic nitrogens is 4. The van der Waals surface area contributed by atoms with E-state index >= 15 is 0 Å². The maximum absolute atomic E-state index is 4.47. The molecule has 0 bridgehead atoms. The van der Waals surface area contributed by atoms with Crippen molar-refractivity contribution in [3.8, 4) is 5.69 Å². The van der Waals surface area contributed by atoms with Gasteiger partial charge in [-0.1, -0.05) is 6.07 Å². The number of hydrogen-bond acceptors (Lipinski definition) is 4. The molecule has 3 aromatic rings. The summed E-state index contributed by atoms with van der Waals surface area (Å²) in [5.41, 5.74) is 4.36. The molecule has 5 nitrogen and oxygen atoms in total. The molecule has 5 heteroatoms. The van der Waals surface area contributed by atoms with Gasteiger partial charge in [0.1, 0.15) is 12.1 Å². The standard InChI is InChI=1S/C15H17N5/c1-10-5-6-12(7-11(10)2)20-15-13(8-18-20)14(19(3)4)16-9-17-15/h5-9H,1-4H3. The van der Waals surface area contributed by atoms with Crippen molar-refractivity contribution in [1.82, 2.24) is 19.7 Å². The fourth-order valence-electron chi connectivity index (χ4n) is 2.23. The minimum atomic E-state index is 0.826. The molecule has 2 aromatic heterocycles. The van der Waals surface area contributed by atoms with E-state index < -0.39 is 0 Å². The zero-order chi connectivity index (χ0) is 14.3. The Bertz CT molecular complexity index is 773. The average Bonchev–Trinajstić information content (AvgIpc) is 2.85. The lowest BCUT2D eigenvalue weighted by molar-refractivity contribution is 0.892. The highest BCUT2D eigenvalue weighted by Gasteiger charge is 2.12. The van der Waals surface area contributed by atoms with E-state index in [2.05, 4.69) is 47.1 Å². The smallest absolute Gasteiger partial charge is 0.168 e. The van der Waals surface area contributed by atoms with Gasteiger partial charge in [0, 0.05) is 14.1 Å². The monoisotopic (exact) mass is 267 g/mol. The van der Waals surface area contributed by atoms with Crippen molar-refractivity contribution in [2.24, 2.45) is 0 Å². The predicted molar refractivity (Wildman–Crippen MR) is 80.5 cm³/mol. The molecular formula is C15H17N5. The zero-order valence-corrected chi connectivity index (χ0v) is 12.1. The molecular weight excluding hydrogens is 250 g/mol. The summed E-state index contributed by atoms with van der Waals surface area (Å²) >= 11 is 0. The fourth-order valence-corrected chi connectivity index (χ4v) is 2.23. The summed E-state index contributed by atoms with van der Waals surface area (Å²) in [5, 5.41) is 5.42. The summed E-state index contributed by atoms with van der Waals surface area (Å²) in [4.78, 5) is 10.7. The second-order valence-electron chi connectivity index (χ2n) is 5.15. The maximum Gasteiger partial charge on any atom is 0.168 e. The third-order valence-electron chi connectivity index (χ3n) is 3.50. The molecule has 20 heavy (non-hydrogen) atoms. The van der Waals surface area contributed by atoms with Crippen LogP contribution in [0.4, 0.5) is 5.82 Å². The summed E-state index contributed by atoms with van der Waals surface area (Å²) in [6.07, 6.45) is 3.40. The van der Waals surface area contributed by atoms with Crippen LogP contribution in [0.15, 0.2) is 30.7 Å². The van der Waals surface area contributed by atoms with E-state index in [1.54, 1.807) is 6.33 Å². The minimum absolute atomic E-state index is 0.826. The molecule has 102 valence electrons. The molecule has 0 aliphatic rings. The number of rotatable bonds is 2. The highest BCUT2D eigenvalue weighted by atomic mass is 15.3. The van der Waals surface area contributed by atoms with Crippen LogP contribution in [-0.4, -0.2) is 33.8 Å². The molecule has 1 aromatic carbocycles. The lowest BCUT2D eigenvalue weighted by Crippen LogP contribution is -2.11. The van der Waals surface area contributed by atoms with E-state index in [-0.39, 0.29) is 0 Å². The quantitative estimate of drug-likeness (QED) is 0.715. The Morgan fingerprint density at radius 1 is 1.05 bits per heavy atom. The van der Waals surface area contributed by atoms with Gasteiger partial charge in [-0.2, -0.15) is 5.10 Å². The number of fused-ring (bicyclic) bond motifs is 1. The second kappa shape index (κ2) is 4.59. The molecule has 0 fully saturated rings. The minimum Gasteiger partial charge on any atom is -0.362 e. The van der Waals surface area contributed by atoms with Gasteiger partial charge in [-0.05, 0) is 37.1 Å². The first-order chi connectivity index (χ1) is 9.58. The molecule has 0 aliphatic carbocycles. The van der Waals surface area contributed by atoms with E-state index in [0.29, 0.717) is 0 Å². The fraction of sp³-hybridized carbons (Fsp3) is 0.267. The van der Waals surface area contributed by atoms with Gasteiger partial charge in [0.2, 0.25) is 0 Å². The molecule has 2 heterocycles. The van der Waals surface area contributed by atoms with Crippen molar-refractivity contribution in [3.63, 3.8) is 0 Å². The van der Waals surface area contributed by atoms with Crippen LogP contribution in [0.5, 0.6) is 0 Å². The number of anilines is 1. The largest absolute Gasteiger partial charge is 0.362 e. The van der Waals surface area contributed by atoms with Gasteiger partial charge in [-0.15, -0.1) is 0 Å². The van der Waals surface area contributed by atoms with Gasteiger partial charge in [-0.25, -0.2) is 14.6 Å². The van der Waals surface area contributed by atoms with Crippen LogP contribution in [0.1, 0.15) is 11.1 Å². The lowest BCUT2D eigenvalue weighted by Gasteiger charge is -2.11. The van der Waals surface area contributed by atoms with Gasteiger partial charge in [-0.3, -0.25) is 0 Å². The summed E-state index contributed by atoms with van der Waals surface area (Å²) in [5.74, 6) is 0.880. The van der Waals surface area contributed by atoms with Gasteiger partial charge in [0.25, 0.3) is 0 Å². The van der Waals surface area contributed by atoms with Gasteiger partial charge in [0.15, 0.2) is 5.65 Å². The van der Waals surface area contributed by atoms with Gasteiger partial charge < -0.3 is 4.90 Å². The molecule has 0 saturated carbocycles. The molecule has 0 radical (unpaired) electrons. The Labute approximate surface area is 117 Å².